The van der Waals surface area contributed by atoms with E-state index in [1.165, 1.54) is 18.1 Å². The Bertz CT molecular complexity index is 1330. The number of amides is 1. The van der Waals surface area contributed by atoms with Crippen LogP contribution in [0.2, 0.25) is 0 Å². The first-order valence-corrected chi connectivity index (χ1v) is 12.6. The second kappa shape index (κ2) is 8.82. The van der Waals surface area contributed by atoms with Gasteiger partial charge in [0.15, 0.2) is 11.4 Å². The number of primary amides is 1. The normalized spacial score (nSPS) is 31.4. The van der Waals surface area contributed by atoms with E-state index in [9.17, 15) is 34.8 Å². The zero-order valence-corrected chi connectivity index (χ0v) is 21.8. The highest BCUT2D eigenvalue weighted by Gasteiger charge is 2.64. The summed E-state index contributed by atoms with van der Waals surface area (Å²) >= 11 is 0. The highest BCUT2D eigenvalue weighted by Crippen LogP contribution is 2.55. The van der Waals surface area contributed by atoms with Crippen LogP contribution in [0.1, 0.15) is 42.0 Å². The van der Waals surface area contributed by atoms with Gasteiger partial charge in [0.05, 0.1) is 18.7 Å². The summed E-state index contributed by atoms with van der Waals surface area (Å²) in [5.74, 6) is -6.19. The number of hydrogen-bond donors (Lipinski definition) is 5. The van der Waals surface area contributed by atoms with Gasteiger partial charge in [0.2, 0.25) is 5.78 Å². The van der Waals surface area contributed by atoms with Crippen LogP contribution in [0.4, 0.5) is 0 Å². The lowest BCUT2D eigenvalue weighted by atomic mass is 9.57. The van der Waals surface area contributed by atoms with Crippen LogP contribution in [0.5, 0.6) is 11.5 Å². The second-order valence-electron chi connectivity index (χ2n) is 11.0. The molecule has 1 saturated heterocycles. The van der Waals surface area contributed by atoms with E-state index in [1.54, 1.807) is 14.1 Å². The maximum absolute atomic E-state index is 13.9. The summed E-state index contributed by atoms with van der Waals surface area (Å²) in [5.41, 5.74) is 3.04. The molecule has 0 bridgehead atoms. The van der Waals surface area contributed by atoms with Crippen molar-refractivity contribution in [3.63, 3.8) is 0 Å². The molecule has 38 heavy (non-hydrogen) atoms. The quantitative estimate of drug-likeness (QED) is 0.351. The largest absolute Gasteiger partial charge is 0.508 e. The van der Waals surface area contributed by atoms with Gasteiger partial charge in [0, 0.05) is 28.7 Å². The van der Waals surface area contributed by atoms with Crippen molar-refractivity contribution in [3.8, 4) is 11.5 Å². The van der Waals surface area contributed by atoms with E-state index in [4.69, 9.17) is 10.5 Å². The zero-order chi connectivity index (χ0) is 27.8. The minimum Gasteiger partial charge on any atom is -0.508 e. The summed E-state index contributed by atoms with van der Waals surface area (Å²) in [5, 5.41) is 45.0. The van der Waals surface area contributed by atoms with E-state index in [-0.39, 0.29) is 35.8 Å². The Hall–Kier alpha value is -3.41. The molecule has 204 valence electrons. The van der Waals surface area contributed by atoms with E-state index >= 15 is 0 Å². The van der Waals surface area contributed by atoms with Gasteiger partial charge in [0.1, 0.15) is 28.6 Å². The highest BCUT2D eigenvalue weighted by atomic mass is 16.5. The zero-order valence-electron chi connectivity index (χ0n) is 21.8. The van der Waals surface area contributed by atoms with Gasteiger partial charge in [-0.3, -0.25) is 24.2 Å². The number of aliphatic hydroxyl groups excluding tert-OH is 2. The molecular formula is C27H33N3O8. The molecule has 0 spiro atoms. The molecule has 1 saturated carbocycles. The Labute approximate surface area is 219 Å². The predicted octanol–water partition coefficient (Wildman–Crippen LogP) is 0.739. The molecule has 1 heterocycles. The number of likely N-dealkylation sites (tertiary alicyclic amines) is 1. The molecule has 11 heteroatoms. The topological polar surface area (TPSA) is 174 Å². The molecular weight excluding hydrogens is 494 g/mol. The van der Waals surface area contributed by atoms with E-state index in [2.05, 4.69) is 4.90 Å². The number of rotatable bonds is 4. The third kappa shape index (κ3) is 3.35. The molecule has 1 amide bonds. The number of ketones is 2. The summed E-state index contributed by atoms with van der Waals surface area (Å²) in [7, 11) is 6.64. The lowest BCUT2D eigenvalue weighted by Crippen LogP contribution is -2.65. The number of phenolic OH excluding ortho intramolecular Hbond substituents is 1. The Morgan fingerprint density at radius 1 is 1.24 bits per heavy atom. The number of benzene rings is 1. The van der Waals surface area contributed by atoms with Gasteiger partial charge in [-0.05, 0) is 65.4 Å². The summed E-state index contributed by atoms with van der Waals surface area (Å²) in [6, 6.07) is 0.423. The number of nitrogens with two attached hydrogens (primary N) is 1. The molecule has 6 N–H and O–H groups in total. The van der Waals surface area contributed by atoms with Crippen LogP contribution in [0.3, 0.4) is 0 Å². The number of fused-ring (bicyclic) bond motifs is 3. The molecule has 5 rings (SSSR count). The van der Waals surface area contributed by atoms with Crippen LogP contribution in [0.15, 0.2) is 23.0 Å². The van der Waals surface area contributed by atoms with Crippen molar-refractivity contribution in [1.82, 2.24) is 9.80 Å². The Morgan fingerprint density at radius 3 is 2.47 bits per heavy atom. The molecule has 0 radical (unpaired) electrons. The molecule has 1 aromatic carbocycles. The monoisotopic (exact) mass is 527 g/mol. The minimum atomic E-state index is -2.66. The Balaban J connectivity index is 1.72. The fourth-order valence-corrected chi connectivity index (χ4v) is 7.11. The first kappa shape index (κ1) is 26.2. The van der Waals surface area contributed by atoms with Gasteiger partial charge in [-0.15, -0.1) is 0 Å². The van der Waals surface area contributed by atoms with Crippen molar-refractivity contribution in [2.75, 3.05) is 34.8 Å². The van der Waals surface area contributed by atoms with Crippen LogP contribution in [-0.4, -0.2) is 94.1 Å². The molecule has 11 nitrogen and oxygen atoms in total. The smallest absolute Gasteiger partial charge is 0.255 e. The molecule has 1 unspecified atom stereocenters. The van der Waals surface area contributed by atoms with Crippen molar-refractivity contribution in [1.29, 1.82) is 0 Å². The summed E-state index contributed by atoms with van der Waals surface area (Å²) in [6.45, 7) is 0.891. The van der Waals surface area contributed by atoms with Crippen molar-refractivity contribution in [2.24, 2.45) is 17.6 Å². The number of aromatic hydroxyl groups is 1. The van der Waals surface area contributed by atoms with Crippen LogP contribution < -0.4 is 10.5 Å². The van der Waals surface area contributed by atoms with Gasteiger partial charge >= 0.3 is 0 Å². The van der Waals surface area contributed by atoms with E-state index in [0.29, 0.717) is 11.3 Å². The summed E-state index contributed by atoms with van der Waals surface area (Å²) in [4.78, 5) is 42.9. The summed E-state index contributed by atoms with van der Waals surface area (Å²) in [6.07, 6.45) is 2.08. The van der Waals surface area contributed by atoms with Crippen molar-refractivity contribution in [2.45, 2.75) is 43.4 Å². The van der Waals surface area contributed by atoms with Gasteiger partial charge in [-0.25, -0.2) is 0 Å². The number of likely N-dealkylation sites (N-methyl/N-ethyl adjacent to an activating group) is 1. The lowest BCUT2D eigenvalue weighted by molar-refractivity contribution is -0.153. The van der Waals surface area contributed by atoms with Crippen LogP contribution in [0, 0.1) is 11.8 Å². The Morgan fingerprint density at radius 2 is 1.92 bits per heavy atom. The molecule has 1 aliphatic heterocycles. The van der Waals surface area contributed by atoms with E-state index in [1.807, 2.05) is 7.05 Å². The number of aliphatic hydroxyl groups is 3. The summed E-state index contributed by atoms with van der Waals surface area (Å²) < 4.78 is 5.81. The number of Topliss-reactive ketones (excluding diaryl/α,β-unsaturated/α-hetero) is 2. The Kier molecular flexibility index (Phi) is 6.08. The second-order valence-corrected chi connectivity index (χ2v) is 11.0. The molecule has 0 aromatic heterocycles. The molecule has 1 aromatic rings. The molecule has 2 fully saturated rings. The van der Waals surface area contributed by atoms with Gasteiger partial charge in [-0.1, -0.05) is 0 Å². The predicted molar refractivity (Wildman–Crippen MR) is 135 cm³/mol. The minimum absolute atomic E-state index is 0.00939. The number of methoxy groups -OCH3 is 1. The number of nitrogens with zero attached hydrogens (tertiary/aromatic N) is 2. The fraction of sp³-hybridized carbons (Fsp3) is 0.519. The van der Waals surface area contributed by atoms with Crippen molar-refractivity contribution < 1.29 is 39.5 Å². The van der Waals surface area contributed by atoms with Crippen LogP contribution >= 0.6 is 0 Å². The number of hydrogen-bond acceptors (Lipinski definition) is 10. The number of carbonyl (C=O) groups is 3. The number of phenols is 1. The SMILES string of the molecule is COc1c(C2CCCN2C)cc(O)c2c1C[C@H]1C[C@H]3[C@H](N(C)C)C(=O)C(C(N)=O)=C(O)[C@@]3(O)C(=O)C1=C2O. The lowest BCUT2D eigenvalue weighted by Gasteiger charge is -2.50. The highest BCUT2D eigenvalue weighted by molar-refractivity contribution is 6.24. The third-order valence-electron chi connectivity index (χ3n) is 8.78. The number of ether oxygens (including phenoxy) is 1. The standard InChI is InChI=1S/C27H33N3O8/c1-29(2)20-14-9-11-8-13-18(16(31)10-12(23(13)38-4)15-6-5-7-30(15)3)21(32)17(11)24(34)27(14,37)25(35)19(22(20)33)26(28)36/h10-11,14-15,20,31-32,35,37H,5-9H2,1-4H3,(H2,28,36)/t11-,14-,15?,20-,27-/m0/s1. The average Bonchev–Trinajstić information content (AvgIpc) is 3.26. The van der Waals surface area contributed by atoms with Crippen molar-refractivity contribution in [3.05, 3.63) is 39.7 Å². The van der Waals surface area contributed by atoms with Gasteiger partial charge < -0.3 is 30.9 Å². The van der Waals surface area contributed by atoms with Crippen LogP contribution in [-0.2, 0) is 20.8 Å². The molecule has 4 aliphatic rings. The van der Waals surface area contributed by atoms with Crippen LogP contribution in [0.25, 0.3) is 5.76 Å². The fourth-order valence-electron chi connectivity index (χ4n) is 7.11. The van der Waals surface area contributed by atoms with E-state index < -0.39 is 58.0 Å². The first-order chi connectivity index (χ1) is 17.9. The first-order valence-electron chi connectivity index (χ1n) is 12.6. The average molecular weight is 528 g/mol. The number of carbonyl (C=O) groups excluding carboxylic acids is 3. The third-order valence-corrected chi connectivity index (χ3v) is 8.78. The maximum atomic E-state index is 13.9. The maximum Gasteiger partial charge on any atom is 0.255 e. The van der Waals surface area contributed by atoms with E-state index in [0.717, 1.165) is 24.9 Å². The van der Waals surface area contributed by atoms with Crippen molar-refractivity contribution >= 4 is 23.2 Å². The molecule has 5 atom stereocenters. The van der Waals surface area contributed by atoms with Gasteiger partial charge in [-0.2, -0.15) is 0 Å². The molecule has 3 aliphatic carbocycles. The van der Waals surface area contributed by atoms with Gasteiger partial charge in [0.25, 0.3) is 5.91 Å².